The van der Waals surface area contributed by atoms with Gasteiger partial charge in [-0.2, -0.15) is 0 Å². The molecule has 0 aromatic heterocycles. The summed E-state index contributed by atoms with van der Waals surface area (Å²) in [7, 11) is 0. The SMILES string of the molecule is CC(C)CCN(CCC(C)C)C(=O)CCN.Cl. The maximum absolute atomic E-state index is 11.8. The standard InChI is InChI=1S/C13H28N2O.ClH/c1-11(2)6-9-15(10-7-12(3)4)13(16)5-8-14;/h11-12H,5-10,14H2,1-4H3;1H. The molecule has 0 atom stereocenters. The molecule has 0 spiro atoms. The molecule has 0 fully saturated rings. The van der Waals surface area contributed by atoms with Crippen LogP contribution in [0, 0.1) is 11.8 Å². The maximum Gasteiger partial charge on any atom is 0.223 e. The molecule has 2 N–H and O–H groups in total. The molecule has 0 unspecified atom stereocenters. The van der Waals surface area contributed by atoms with Gasteiger partial charge in [-0.05, 0) is 24.7 Å². The molecule has 0 saturated heterocycles. The van der Waals surface area contributed by atoms with Gasteiger partial charge in [-0.25, -0.2) is 0 Å². The summed E-state index contributed by atoms with van der Waals surface area (Å²) < 4.78 is 0. The maximum atomic E-state index is 11.8. The summed E-state index contributed by atoms with van der Waals surface area (Å²) in [5.41, 5.74) is 5.43. The van der Waals surface area contributed by atoms with Crippen molar-refractivity contribution in [2.24, 2.45) is 17.6 Å². The summed E-state index contributed by atoms with van der Waals surface area (Å²) in [5.74, 6) is 1.50. The molecule has 0 aliphatic heterocycles. The zero-order chi connectivity index (χ0) is 12.6. The second kappa shape index (κ2) is 10.8. The van der Waals surface area contributed by atoms with Gasteiger partial charge >= 0.3 is 0 Å². The van der Waals surface area contributed by atoms with E-state index in [4.69, 9.17) is 5.73 Å². The van der Waals surface area contributed by atoms with Crippen molar-refractivity contribution in [3.8, 4) is 0 Å². The fourth-order valence-electron chi connectivity index (χ4n) is 1.47. The number of hydrogen-bond donors (Lipinski definition) is 1. The van der Waals surface area contributed by atoms with E-state index in [1.54, 1.807) is 0 Å². The molecule has 0 rings (SSSR count). The molecular weight excluding hydrogens is 236 g/mol. The van der Waals surface area contributed by atoms with Crippen LogP contribution in [-0.2, 0) is 4.79 Å². The largest absolute Gasteiger partial charge is 0.343 e. The van der Waals surface area contributed by atoms with Gasteiger partial charge < -0.3 is 10.6 Å². The zero-order valence-electron chi connectivity index (χ0n) is 11.7. The number of rotatable bonds is 8. The molecule has 104 valence electrons. The third-order valence-corrected chi connectivity index (χ3v) is 2.66. The van der Waals surface area contributed by atoms with Gasteiger partial charge in [0.2, 0.25) is 5.91 Å². The number of amides is 1. The molecule has 4 heteroatoms. The van der Waals surface area contributed by atoms with Gasteiger partial charge in [0.25, 0.3) is 0 Å². The van der Waals surface area contributed by atoms with E-state index in [2.05, 4.69) is 27.7 Å². The minimum absolute atomic E-state index is 0. The first kappa shape index (κ1) is 19.1. The summed E-state index contributed by atoms with van der Waals surface area (Å²) in [6.07, 6.45) is 2.64. The minimum atomic E-state index is 0. The third-order valence-electron chi connectivity index (χ3n) is 2.66. The number of carbonyl (C=O) groups excluding carboxylic acids is 1. The highest BCUT2D eigenvalue weighted by molar-refractivity contribution is 5.85. The van der Waals surface area contributed by atoms with E-state index in [0.717, 1.165) is 25.9 Å². The van der Waals surface area contributed by atoms with E-state index in [1.807, 2.05) is 4.90 Å². The number of nitrogens with zero attached hydrogens (tertiary/aromatic N) is 1. The highest BCUT2D eigenvalue weighted by Crippen LogP contribution is 2.07. The lowest BCUT2D eigenvalue weighted by molar-refractivity contribution is -0.131. The fraction of sp³-hybridized carbons (Fsp3) is 0.923. The van der Waals surface area contributed by atoms with Crippen LogP contribution in [-0.4, -0.2) is 30.4 Å². The van der Waals surface area contributed by atoms with Crippen LogP contribution in [0.5, 0.6) is 0 Å². The first-order chi connectivity index (χ1) is 7.47. The molecule has 0 radical (unpaired) electrons. The van der Waals surface area contributed by atoms with Crippen molar-refractivity contribution >= 4 is 18.3 Å². The van der Waals surface area contributed by atoms with Crippen LogP contribution in [0.1, 0.15) is 47.0 Å². The quantitative estimate of drug-likeness (QED) is 0.733. The molecule has 1 amide bonds. The van der Waals surface area contributed by atoms with Crippen LogP contribution in [0.25, 0.3) is 0 Å². The smallest absolute Gasteiger partial charge is 0.223 e. The predicted molar refractivity (Wildman–Crippen MR) is 76.4 cm³/mol. The van der Waals surface area contributed by atoms with Crippen LogP contribution in [0.4, 0.5) is 0 Å². The van der Waals surface area contributed by atoms with E-state index >= 15 is 0 Å². The van der Waals surface area contributed by atoms with Crippen molar-refractivity contribution in [2.75, 3.05) is 19.6 Å². The second-order valence-corrected chi connectivity index (χ2v) is 5.28. The van der Waals surface area contributed by atoms with E-state index in [-0.39, 0.29) is 18.3 Å². The Morgan fingerprint density at radius 1 is 1.06 bits per heavy atom. The normalized spacial score (nSPS) is 10.5. The number of halogens is 1. The second-order valence-electron chi connectivity index (χ2n) is 5.28. The Balaban J connectivity index is 0. The van der Waals surface area contributed by atoms with Gasteiger partial charge in [0, 0.05) is 26.1 Å². The number of carbonyl (C=O) groups is 1. The minimum Gasteiger partial charge on any atom is -0.343 e. The van der Waals surface area contributed by atoms with E-state index in [0.29, 0.717) is 24.8 Å². The molecule has 3 nitrogen and oxygen atoms in total. The Morgan fingerprint density at radius 3 is 1.76 bits per heavy atom. The Morgan fingerprint density at radius 2 is 1.47 bits per heavy atom. The topological polar surface area (TPSA) is 46.3 Å². The van der Waals surface area contributed by atoms with Crippen molar-refractivity contribution in [1.82, 2.24) is 4.90 Å². The van der Waals surface area contributed by atoms with Crippen molar-refractivity contribution < 1.29 is 4.79 Å². The Kier molecular flexibility index (Phi) is 12.2. The van der Waals surface area contributed by atoms with Crippen LogP contribution in [0.2, 0.25) is 0 Å². The zero-order valence-corrected chi connectivity index (χ0v) is 12.6. The summed E-state index contributed by atoms with van der Waals surface area (Å²) in [5, 5.41) is 0. The van der Waals surface area contributed by atoms with Crippen molar-refractivity contribution in [2.45, 2.75) is 47.0 Å². The van der Waals surface area contributed by atoms with Crippen molar-refractivity contribution in [3.63, 3.8) is 0 Å². The molecule has 0 bridgehead atoms. The van der Waals surface area contributed by atoms with E-state index in [1.165, 1.54) is 0 Å². The van der Waals surface area contributed by atoms with Crippen LogP contribution < -0.4 is 5.73 Å². The first-order valence-corrected chi connectivity index (χ1v) is 6.45. The van der Waals surface area contributed by atoms with Gasteiger partial charge in [0.15, 0.2) is 0 Å². The Bertz CT molecular complexity index is 184. The van der Waals surface area contributed by atoms with Crippen molar-refractivity contribution in [3.05, 3.63) is 0 Å². The van der Waals surface area contributed by atoms with Crippen molar-refractivity contribution in [1.29, 1.82) is 0 Å². The third kappa shape index (κ3) is 10.6. The first-order valence-electron chi connectivity index (χ1n) is 6.45. The Labute approximate surface area is 113 Å². The van der Waals surface area contributed by atoms with E-state index < -0.39 is 0 Å². The number of hydrogen-bond acceptors (Lipinski definition) is 2. The summed E-state index contributed by atoms with van der Waals surface area (Å²) >= 11 is 0. The lowest BCUT2D eigenvalue weighted by Crippen LogP contribution is -2.35. The van der Waals surface area contributed by atoms with Gasteiger partial charge in [-0.15, -0.1) is 12.4 Å². The van der Waals surface area contributed by atoms with E-state index in [9.17, 15) is 4.79 Å². The molecule has 0 aliphatic rings. The summed E-state index contributed by atoms with van der Waals surface area (Å²) in [6, 6.07) is 0. The van der Waals surface area contributed by atoms with Crippen LogP contribution >= 0.6 is 12.4 Å². The molecule has 0 aliphatic carbocycles. The molecule has 0 heterocycles. The molecule has 0 aromatic carbocycles. The molecule has 0 saturated carbocycles. The fourth-order valence-corrected chi connectivity index (χ4v) is 1.47. The lowest BCUT2D eigenvalue weighted by Gasteiger charge is -2.24. The monoisotopic (exact) mass is 264 g/mol. The number of nitrogens with two attached hydrogens (primary N) is 1. The predicted octanol–water partition coefficient (Wildman–Crippen LogP) is 2.68. The highest BCUT2D eigenvalue weighted by atomic mass is 35.5. The van der Waals surface area contributed by atoms with Crippen LogP contribution in [0.15, 0.2) is 0 Å². The molecule has 0 aromatic rings. The molecule has 17 heavy (non-hydrogen) atoms. The molecular formula is C13H29ClN2O. The van der Waals surface area contributed by atoms with Gasteiger partial charge in [-0.1, -0.05) is 27.7 Å². The van der Waals surface area contributed by atoms with Crippen LogP contribution in [0.3, 0.4) is 0 Å². The van der Waals surface area contributed by atoms with Gasteiger partial charge in [-0.3, -0.25) is 4.79 Å². The lowest BCUT2D eigenvalue weighted by atomic mass is 10.1. The average Bonchev–Trinajstić information content (AvgIpc) is 2.17. The summed E-state index contributed by atoms with van der Waals surface area (Å²) in [4.78, 5) is 13.8. The highest BCUT2D eigenvalue weighted by Gasteiger charge is 2.13. The Hall–Kier alpha value is -0.280. The van der Waals surface area contributed by atoms with Gasteiger partial charge in [0.05, 0.1) is 0 Å². The summed E-state index contributed by atoms with van der Waals surface area (Å²) in [6.45, 7) is 11.0. The van der Waals surface area contributed by atoms with Gasteiger partial charge in [0.1, 0.15) is 0 Å². The average molecular weight is 265 g/mol.